The standard InChI is InChI=1S/C21H21FN4OS/c1-28-21-23-13-19(26(21)18-9-7-15(22)8-10-18)20(27)25-12-11-17(14-25)24-16-5-3-2-4-6-16/h2-10,13,17,24H,11-12,14H2,1H3. The van der Waals surface area contributed by atoms with Gasteiger partial charge < -0.3 is 10.2 Å². The average Bonchev–Trinajstić information content (AvgIpc) is 3.36. The molecule has 0 spiro atoms. The highest BCUT2D eigenvalue weighted by atomic mass is 32.2. The molecule has 28 heavy (non-hydrogen) atoms. The molecule has 1 saturated heterocycles. The molecule has 1 atom stereocenters. The fourth-order valence-electron chi connectivity index (χ4n) is 3.46. The minimum atomic E-state index is -0.309. The summed E-state index contributed by atoms with van der Waals surface area (Å²) in [5.74, 6) is -0.369. The maximum atomic E-state index is 13.3. The molecule has 0 saturated carbocycles. The van der Waals surface area contributed by atoms with Gasteiger partial charge in [-0.2, -0.15) is 0 Å². The van der Waals surface area contributed by atoms with Crippen LogP contribution in [-0.4, -0.2) is 45.7 Å². The molecule has 1 amide bonds. The molecular weight excluding hydrogens is 375 g/mol. The van der Waals surface area contributed by atoms with E-state index in [4.69, 9.17) is 0 Å². The van der Waals surface area contributed by atoms with Crippen molar-refractivity contribution in [2.45, 2.75) is 17.6 Å². The number of anilines is 1. The van der Waals surface area contributed by atoms with Crippen molar-refractivity contribution in [1.29, 1.82) is 0 Å². The lowest BCUT2D eigenvalue weighted by Gasteiger charge is -2.19. The molecule has 1 fully saturated rings. The Kier molecular flexibility index (Phi) is 5.34. The van der Waals surface area contributed by atoms with Crippen molar-refractivity contribution in [1.82, 2.24) is 14.5 Å². The number of carbonyl (C=O) groups excluding carboxylic acids is 1. The van der Waals surface area contributed by atoms with Gasteiger partial charge in [0.2, 0.25) is 0 Å². The molecule has 1 aromatic heterocycles. The number of likely N-dealkylation sites (tertiary alicyclic amines) is 1. The minimum Gasteiger partial charge on any atom is -0.380 e. The number of thioether (sulfide) groups is 1. The number of halogens is 1. The van der Waals surface area contributed by atoms with Crippen LogP contribution in [0.2, 0.25) is 0 Å². The summed E-state index contributed by atoms with van der Waals surface area (Å²) >= 11 is 1.45. The molecule has 0 aliphatic carbocycles. The Morgan fingerprint density at radius 1 is 1.18 bits per heavy atom. The van der Waals surface area contributed by atoms with Gasteiger partial charge in [-0.15, -0.1) is 0 Å². The number of hydrogen-bond acceptors (Lipinski definition) is 4. The van der Waals surface area contributed by atoms with Crippen LogP contribution < -0.4 is 5.32 Å². The number of para-hydroxylation sites is 1. The molecule has 3 aromatic rings. The molecule has 1 N–H and O–H groups in total. The second-order valence-electron chi connectivity index (χ2n) is 6.69. The Balaban J connectivity index is 1.54. The van der Waals surface area contributed by atoms with Crippen LogP contribution in [0.25, 0.3) is 5.69 Å². The van der Waals surface area contributed by atoms with Crippen molar-refractivity contribution < 1.29 is 9.18 Å². The third kappa shape index (κ3) is 3.75. The minimum absolute atomic E-state index is 0.0607. The Hall–Kier alpha value is -2.80. The largest absolute Gasteiger partial charge is 0.380 e. The van der Waals surface area contributed by atoms with Gasteiger partial charge in [0.05, 0.1) is 6.20 Å². The maximum absolute atomic E-state index is 13.3. The van der Waals surface area contributed by atoms with E-state index in [0.29, 0.717) is 23.9 Å². The molecular formula is C21H21FN4OS. The Morgan fingerprint density at radius 2 is 1.93 bits per heavy atom. The van der Waals surface area contributed by atoms with E-state index in [1.54, 1.807) is 22.9 Å². The van der Waals surface area contributed by atoms with E-state index in [9.17, 15) is 9.18 Å². The second kappa shape index (κ2) is 8.06. The van der Waals surface area contributed by atoms with Crippen LogP contribution in [0.15, 0.2) is 66.0 Å². The van der Waals surface area contributed by atoms with Crippen molar-refractivity contribution in [2.75, 3.05) is 24.7 Å². The number of nitrogens with zero attached hydrogens (tertiary/aromatic N) is 3. The number of carbonyl (C=O) groups is 1. The van der Waals surface area contributed by atoms with E-state index >= 15 is 0 Å². The van der Waals surface area contributed by atoms with E-state index in [2.05, 4.69) is 10.3 Å². The van der Waals surface area contributed by atoms with Gasteiger partial charge in [-0.3, -0.25) is 9.36 Å². The highest BCUT2D eigenvalue weighted by Gasteiger charge is 2.29. The number of aromatic nitrogens is 2. The number of imidazole rings is 1. The lowest BCUT2D eigenvalue weighted by atomic mass is 10.2. The Labute approximate surface area is 167 Å². The molecule has 2 heterocycles. The van der Waals surface area contributed by atoms with Crippen molar-refractivity contribution in [3.63, 3.8) is 0 Å². The van der Waals surface area contributed by atoms with Crippen molar-refractivity contribution in [3.8, 4) is 5.69 Å². The maximum Gasteiger partial charge on any atom is 0.272 e. The molecule has 0 radical (unpaired) electrons. The number of nitrogens with one attached hydrogen (secondary N) is 1. The van der Waals surface area contributed by atoms with Gasteiger partial charge in [0.25, 0.3) is 5.91 Å². The van der Waals surface area contributed by atoms with Gasteiger partial charge in [0.1, 0.15) is 11.5 Å². The third-order valence-corrected chi connectivity index (χ3v) is 5.49. The monoisotopic (exact) mass is 396 g/mol. The quantitative estimate of drug-likeness (QED) is 0.661. The molecule has 0 bridgehead atoms. The van der Waals surface area contributed by atoms with E-state index in [0.717, 1.165) is 17.8 Å². The van der Waals surface area contributed by atoms with Crippen LogP contribution in [-0.2, 0) is 0 Å². The molecule has 2 aromatic carbocycles. The van der Waals surface area contributed by atoms with Crippen LogP contribution in [0.1, 0.15) is 16.9 Å². The van der Waals surface area contributed by atoms with Crippen molar-refractivity contribution >= 4 is 23.4 Å². The fourth-order valence-corrected chi connectivity index (χ4v) is 4.01. The summed E-state index contributed by atoms with van der Waals surface area (Å²) in [5.41, 5.74) is 2.28. The van der Waals surface area contributed by atoms with Gasteiger partial charge in [-0.1, -0.05) is 30.0 Å². The highest BCUT2D eigenvalue weighted by molar-refractivity contribution is 7.98. The third-order valence-electron chi connectivity index (χ3n) is 4.84. The summed E-state index contributed by atoms with van der Waals surface area (Å²) in [4.78, 5) is 19.4. The van der Waals surface area contributed by atoms with Crippen LogP contribution in [0.3, 0.4) is 0 Å². The van der Waals surface area contributed by atoms with E-state index < -0.39 is 0 Å². The normalized spacial score (nSPS) is 16.4. The SMILES string of the molecule is CSc1ncc(C(=O)N2CCC(Nc3ccccc3)C2)n1-c1ccc(F)cc1. The van der Waals surface area contributed by atoms with Gasteiger partial charge in [-0.25, -0.2) is 9.37 Å². The van der Waals surface area contributed by atoms with Crippen molar-refractivity contribution in [3.05, 3.63) is 72.3 Å². The Bertz CT molecular complexity index is 958. The number of benzene rings is 2. The zero-order valence-corrected chi connectivity index (χ0v) is 16.3. The second-order valence-corrected chi connectivity index (χ2v) is 7.46. The highest BCUT2D eigenvalue weighted by Crippen LogP contribution is 2.25. The zero-order chi connectivity index (χ0) is 19.5. The summed E-state index contributed by atoms with van der Waals surface area (Å²) in [5, 5.41) is 4.19. The number of hydrogen-bond donors (Lipinski definition) is 1. The molecule has 4 rings (SSSR count). The first-order chi connectivity index (χ1) is 13.7. The van der Waals surface area contributed by atoms with Crippen molar-refractivity contribution in [2.24, 2.45) is 0 Å². The molecule has 1 unspecified atom stereocenters. The molecule has 1 aliphatic heterocycles. The molecule has 7 heteroatoms. The summed E-state index contributed by atoms with van der Waals surface area (Å²) in [6.45, 7) is 1.32. The summed E-state index contributed by atoms with van der Waals surface area (Å²) in [6, 6.07) is 16.3. The van der Waals surface area contributed by atoms with E-state index in [1.165, 1.54) is 23.9 Å². The van der Waals surface area contributed by atoms with Gasteiger partial charge in [0, 0.05) is 30.5 Å². The first-order valence-electron chi connectivity index (χ1n) is 9.14. The lowest BCUT2D eigenvalue weighted by molar-refractivity contribution is 0.0783. The fraction of sp³-hybridized carbons (Fsp3) is 0.238. The van der Waals surface area contributed by atoms with Crippen LogP contribution in [0, 0.1) is 5.82 Å². The molecule has 5 nitrogen and oxygen atoms in total. The topological polar surface area (TPSA) is 50.2 Å². The average molecular weight is 396 g/mol. The predicted octanol–water partition coefficient (Wildman–Crippen LogP) is 4.06. The van der Waals surface area contributed by atoms with Crippen LogP contribution in [0.5, 0.6) is 0 Å². The van der Waals surface area contributed by atoms with Gasteiger partial charge in [0.15, 0.2) is 5.16 Å². The Morgan fingerprint density at radius 3 is 2.64 bits per heavy atom. The first-order valence-corrected chi connectivity index (χ1v) is 10.4. The van der Waals surface area contributed by atoms with E-state index in [-0.39, 0.29) is 17.8 Å². The van der Waals surface area contributed by atoms with Gasteiger partial charge >= 0.3 is 0 Å². The lowest BCUT2D eigenvalue weighted by Crippen LogP contribution is -2.32. The van der Waals surface area contributed by atoms with Gasteiger partial charge in [-0.05, 0) is 49.1 Å². The predicted molar refractivity (Wildman–Crippen MR) is 110 cm³/mol. The number of rotatable bonds is 5. The smallest absolute Gasteiger partial charge is 0.272 e. The van der Waals surface area contributed by atoms with Crippen LogP contribution in [0.4, 0.5) is 10.1 Å². The molecule has 144 valence electrons. The van der Waals surface area contributed by atoms with E-state index in [1.807, 2.05) is 41.5 Å². The summed E-state index contributed by atoms with van der Waals surface area (Å²) < 4.78 is 15.1. The summed E-state index contributed by atoms with van der Waals surface area (Å²) in [7, 11) is 0. The molecule has 1 aliphatic rings. The number of amides is 1. The summed E-state index contributed by atoms with van der Waals surface area (Å²) in [6.07, 6.45) is 4.41. The zero-order valence-electron chi connectivity index (χ0n) is 15.5. The van der Waals surface area contributed by atoms with Crippen LogP contribution >= 0.6 is 11.8 Å². The first kappa shape index (κ1) is 18.6.